The van der Waals surface area contributed by atoms with E-state index in [2.05, 4.69) is 5.32 Å². The Morgan fingerprint density at radius 1 is 1.53 bits per heavy atom. The highest BCUT2D eigenvalue weighted by atomic mass is 35.5. The van der Waals surface area contributed by atoms with Crippen LogP contribution in [-0.2, 0) is 11.3 Å². The van der Waals surface area contributed by atoms with Gasteiger partial charge in [-0.25, -0.2) is 4.39 Å². The van der Waals surface area contributed by atoms with E-state index in [-0.39, 0.29) is 5.02 Å². The number of ether oxygens (including phenoxy) is 1. The normalized spacial score (nSPS) is 12.7. The second-order valence-electron chi connectivity index (χ2n) is 3.69. The fraction of sp³-hybridized carbons (Fsp3) is 0.500. The Morgan fingerprint density at radius 3 is 2.94 bits per heavy atom. The number of rotatable bonds is 7. The summed E-state index contributed by atoms with van der Waals surface area (Å²) in [6.07, 6.45) is -0.536. The molecule has 1 aromatic carbocycles. The molecular weight excluding hydrogens is 245 g/mol. The van der Waals surface area contributed by atoms with Gasteiger partial charge in [0, 0.05) is 19.7 Å². The van der Waals surface area contributed by atoms with Crippen LogP contribution in [0.5, 0.6) is 0 Å². The molecule has 0 aliphatic rings. The van der Waals surface area contributed by atoms with Gasteiger partial charge in [0.05, 0.1) is 17.7 Å². The van der Waals surface area contributed by atoms with Gasteiger partial charge in [0.15, 0.2) is 0 Å². The van der Waals surface area contributed by atoms with Crippen molar-refractivity contribution in [3.63, 3.8) is 0 Å². The topological polar surface area (TPSA) is 41.5 Å². The van der Waals surface area contributed by atoms with Gasteiger partial charge in [0.25, 0.3) is 0 Å². The minimum Gasteiger partial charge on any atom is -0.389 e. The Labute approximate surface area is 106 Å². The molecule has 0 heterocycles. The van der Waals surface area contributed by atoms with Crippen LogP contribution in [0.1, 0.15) is 12.5 Å². The van der Waals surface area contributed by atoms with Crippen LogP contribution in [0.25, 0.3) is 0 Å². The molecule has 2 N–H and O–H groups in total. The van der Waals surface area contributed by atoms with Gasteiger partial charge >= 0.3 is 0 Å². The molecule has 1 atom stereocenters. The smallest absolute Gasteiger partial charge is 0.141 e. The molecule has 0 bridgehead atoms. The highest BCUT2D eigenvalue weighted by molar-refractivity contribution is 6.30. The molecule has 0 radical (unpaired) electrons. The highest BCUT2D eigenvalue weighted by Crippen LogP contribution is 2.15. The fourth-order valence-electron chi connectivity index (χ4n) is 1.35. The highest BCUT2D eigenvalue weighted by Gasteiger charge is 2.04. The van der Waals surface area contributed by atoms with Crippen molar-refractivity contribution in [2.24, 2.45) is 0 Å². The van der Waals surface area contributed by atoms with E-state index in [0.717, 1.165) is 5.56 Å². The molecule has 1 aromatic rings. The van der Waals surface area contributed by atoms with Crippen LogP contribution in [0.3, 0.4) is 0 Å². The first-order valence-corrected chi connectivity index (χ1v) is 5.91. The maximum atomic E-state index is 12.9. The number of aliphatic hydroxyl groups excluding tert-OH is 1. The second-order valence-corrected chi connectivity index (χ2v) is 4.10. The molecule has 1 unspecified atom stereocenters. The lowest BCUT2D eigenvalue weighted by Gasteiger charge is -2.11. The predicted molar refractivity (Wildman–Crippen MR) is 65.6 cm³/mol. The lowest BCUT2D eigenvalue weighted by molar-refractivity contribution is 0.0427. The summed E-state index contributed by atoms with van der Waals surface area (Å²) < 4.78 is 18.0. The molecule has 0 saturated carbocycles. The van der Waals surface area contributed by atoms with E-state index >= 15 is 0 Å². The molecule has 0 spiro atoms. The van der Waals surface area contributed by atoms with Crippen LogP contribution in [-0.4, -0.2) is 31.0 Å². The zero-order valence-corrected chi connectivity index (χ0v) is 10.5. The monoisotopic (exact) mass is 261 g/mol. The molecule has 17 heavy (non-hydrogen) atoms. The van der Waals surface area contributed by atoms with Crippen molar-refractivity contribution in [3.8, 4) is 0 Å². The molecule has 0 saturated heterocycles. The molecule has 0 aliphatic heterocycles. The van der Waals surface area contributed by atoms with E-state index in [0.29, 0.717) is 26.3 Å². The third-order valence-electron chi connectivity index (χ3n) is 2.21. The first kappa shape index (κ1) is 14.4. The van der Waals surface area contributed by atoms with Gasteiger partial charge in [0.2, 0.25) is 0 Å². The average molecular weight is 262 g/mol. The molecular formula is C12H17ClFNO2. The largest absolute Gasteiger partial charge is 0.389 e. The molecule has 3 nitrogen and oxygen atoms in total. The van der Waals surface area contributed by atoms with Crippen LogP contribution >= 0.6 is 11.6 Å². The Morgan fingerprint density at radius 2 is 2.29 bits per heavy atom. The summed E-state index contributed by atoms with van der Waals surface area (Å²) in [5.74, 6) is -0.424. The Hall–Kier alpha value is -0.680. The third-order valence-corrected chi connectivity index (χ3v) is 2.50. The predicted octanol–water partition coefficient (Wildman–Crippen LogP) is 1.97. The van der Waals surface area contributed by atoms with Gasteiger partial charge < -0.3 is 15.2 Å². The van der Waals surface area contributed by atoms with Crippen molar-refractivity contribution < 1.29 is 14.2 Å². The number of benzene rings is 1. The molecule has 0 fully saturated rings. The molecule has 0 amide bonds. The standard InChI is InChI=1S/C12H17ClFNO2/c1-2-17-8-10(16)7-15-6-9-3-4-12(14)11(13)5-9/h3-5,10,15-16H,2,6-8H2,1H3. The number of aliphatic hydroxyl groups is 1. The van der Waals surface area contributed by atoms with Gasteiger partial charge in [-0.1, -0.05) is 17.7 Å². The molecule has 0 aliphatic carbocycles. The Balaban J connectivity index is 2.28. The van der Waals surface area contributed by atoms with Crippen molar-refractivity contribution >= 4 is 11.6 Å². The van der Waals surface area contributed by atoms with E-state index in [1.165, 1.54) is 6.07 Å². The van der Waals surface area contributed by atoms with Gasteiger partial charge in [-0.05, 0) is 24.6 Å². The zero-order valence-electron chi connectivity index (χ0n) is 9.75. The summed E-state index contributed by atoms with van der Waals surface area (Å²) >= 11 is 5.65. The summed E-state index contributed by atoms with van der Waals surface area (Å²) in [6, 6.07) is 4.55. The van der Waals surface area contributed by atoms with E-state index in [4.69, 9.17) is 16.3 Å². The van der Waals surface area contributed by atoms with E-state index < -0.39 is 11.9 Å². The molecule has 1 rings (SSSR count). The van der Waals surface area contributed by atoms with Gasteiger partial charge in [-0.15, -0.1) is 0 Å². The molecule has 0 aromatic heterocycles. The van der Waals surface area contributed by atoms with Crippen LogP contribution in [0.2, 0.25) is 5.02 Å². The van der Waals surface area contributed by atoms with E-state index in [1.54, 1.807) is 12.1 Å². The lowest BCUT2D eigenvalue weighted by Crippen LogP contribution is -2.30. The maximum Gasteiger partial charge on any atom is 0.141 e. The zero-order chi connectivity index (χ0) is 12.7. The Bertz CT molecular complexity index is 349. The minimum atomic E-state index is -0.536. The average Bonchev–Trinajstić information content (AvgIpc) is 2.31. The first-order chi connectivity index (χ1) is 8.13. The summed E-state index contributed by atoms with van der Waals surface area (Å²) in [7, 11) is 0. The van der Waals surface area contributed by atoms with E-state index in [9.17, 15) is 9.50 Å². The van der Waals surface area contributed by atoms with Crippen molar-refractivity contribution in [1.29, 1.82) is 0 Å². The number of hydrogen-bond donors (Lipinski definition) is 2. The molecule has 5 heteroatoms. The summed E-state index contributed by atoms with van der Waals surface area (Å²) in [6.45, 7) is 3.73. The number of halogens is 2. The number of hydrogen-bond acceptors (Lipinski definition) is 3. The second kappa shape index (κ2) is 7.61. The minimum absolute atomic E-state index is 0.110. The van der Waals surface area contributed by atoms with Gasteiger partial charge in [0.1, 0.15) is 5.82 Å². The summed E-state index contributed by atoms with van der Waals surface area (Å²) in [5.41, 5.74) is 0.875. The quantitative estimate of drug-likeness (QED) is 0.789. The van der Waals surface area contributed by atoms with Crippen LogP contribution < -0.4 is 5.32 Å². The van der Waals surface area contributed by atoms with Gasteiger partial charge in [-0.3, -0.25) is 0 Å². The first-order valence-electron chi connectivity index (χ1n) is 5.54. The fourth-order valence-corrected chi connectivity index (χ4v) is 1.55. The van der Waals surface area contributed by atoms with Crippen molar-refractivity contribution in [3.05, 3.63) is 34.6 Å². The Kier molecular flexibility index (Phi) is 6.44. The SMILES string of the molecule is CCOCC(O)CNCc1ccc(F)c(Cl)c1. The number of nitrogens with one attached hydrogen (secondary N) is 1. The molecule has 96 valence electrons. The van der Waals surface area contributed by atoms with Gasteiger partial charge in [-0.2, -0.15) is 0 Å². The van der Waals surface area contributed by atoms with Crippen LogP contribution in [0.15, 0.2) is 18.2 Å². The summed E-state index contributed by atoms with van der Waals surface area (Å²) in [5, 5.41) is 12.6. The van der Waals surface area contributed by atoms with Crippen molar-refractivity contribution in [2.45, 2.75) is 19.6 Å². The van der Waals surface area contributed by atoms with Crippen LogP contribution in [0, 0.1) is 5.82 Å². The van der Waals surface area contributed by atoms with E-state index in [1.807, 2.05) is 6.92 Å². The lowest BCUT2D eigenvalue weighted by atomic mass is 10.2. The van der Waals surface area contributed by atoms with Crippen molar-refractivity contribution in [2.75, 3.05) is 19.8 Å². The van der Waals surface area contributed by atoms with Crippen molar-refractivity contribution in [1.82, 2.24) is 5.32 Å². The summed E-state index contributed by atoms with van der Waals surface area (Å²) in [4.78, 5) is 0. The third kappa shape index (κ3) is 5.46. The van der Waals surface area contributed by atoms with Crippen LogP contribution in [0.4, 0.5) is 4.39 Å². The maximum absolute atomic E-state index is 12.9.